The number of para-hydroxylation sites is 1. The molecule has 0 bridgehead atoms. The third-order valence-corrected chi connectivity index (χ3v) is 4.11. The third-order valence-electron chi connectivity index (χ3n) is 4.11. The molecule has 1 aromatic carbocycles. The highest BCUT2D eigenvalue weighted by atomic mass is 16.5. The van der Waals surface area contributed by atoms with Crippen molar-refractivity contribution in [3.8, 4) is 5.75 Å². The van der Waals surface area contributed by atoms with E-state index in [-0.39, 0.29) is 0 Å². The van der Waals surface area contributed by atoms with Gasteiger partial charge in [0.25, 0.3) is 0 Å². The Balaban J connectivity index is 2.14. The molecule has 0 saturated heterocycles. The van der Waals surface area contributed by atoms with Crippen molar-refractivity contribution in [1.29, 1.82) is 0 Å². The number of methoxy groups -OCH3 is 1. The van der Waals surface area contributed by atoms with E-state index in [1.807, 2.05) is 6.07 Å². The molecular formula is C17H27NO2. The summed E-state index contributed by atoms with van der Waals surface area (Å²) in [5.41, 5.74) is 1.67. The summed E-state index contributed by atoms with van der Waals surface area (Å²) >= 11 is 0. The predicted molar refractivity (Wildman–Crippen MR) is 82.2 cm³/mol. The molecule has 1 aliphatic carbocycles. The zero-order valence-corrected chi connectivity index (χ0v) is 12.9. The van der Waals surface area contributed by atoms with Crippen molar-refractivity contribution >= 4 is 0 Å². The standard InChI is InChI=1S/C17H27NO2/c1-4-11-18-16(17(2)9-10-17)14-7-5-6-8-15(14)20-13-12-19-3/h5-8,16,18H,4,9-13H2,1-3H3. The van der Waals surface area contributed by atoms with Gasteiger partial charge in [-0.1, -0.05) is 32.0 Å². The van der Waals surface area contributed by atoms with Crippen molar-refractivity contribution in [2.75, 3.05) is 26.9 Å². The molecule has 20 heavy (non-hydrogen) atoms. The van der Waals surface area contributed by atoms with Gasteiger partial charge in [-0.25, -0.2) is 0 Å². The fourth-order valence-electron chi connectivity index (χ4n) is 2.59. The fourth-order valence-corrected chi connectivity index (χ4v) is 2.59. The van der Waals surface area contributed by atoms with Gasteiger partial charge in [-0.15, -0.1) is 0 Å². The lowest BCUT2D eigenvalue weighted by Gasteiger charge is -2.27. The van der Waals surface area contributed by atoms with Crippen LogP contribution in [0.2, 0.25) is 0 Å². The smallest absolute Gasteiger partial charge is 0.124 e. The van der Waals surface area contributed by atoms with Gasteiger partial charge in [0.15, 0.2) is 0 Å². The molecule has 0 heterocycles. The van der Waals surface area contributed by atoms with E-state index in [9.17, 15) is 0 Å². The zero-order chi connectivity index (χ0) is 14.4. The first-order chi connectivity index (χ1) is 9.71. The van der Waals surface area contributed by atoms with Crippen LogP contribution in [0.4, 0.5) is 0 Å². The Morgan fingerprint density at radius 2 is 2.00 bits per heavy atom. The van der Waals surface area contributed by atoms with Crippen LogP contribution in [0.5, 0.6) is 5.75 Å². The van der Waals surface area contributed by atoms with Gasteiger partial charge >= 0.3 is 0 Å². The molecule has 0 aromatic heterocycles. The molecule has 1 saturated carbocycles. The normalized spacial score (nSPS) is 17.8. The Morgan fingerprint density at radius 1 is 1.25 bits per heavy atom. The van der Waals surface area contributed by atoms with Crippen LogP contribution in [-0.2, 0) is 4.74 Å². The second kappa shape index (κ2) is 7.09. The molecule has 1 N–H and O–H groups in total. The Morgan fingerprint density at radius 3 is 2.65 bits per heavy atom. The average molecular weight is 277 g/mol. The summed E-state index contributed by atoms with van der Waals surface area (Å²) in [6, 6.07) is 8.79. The second-order valence-corrected chi connectivity index (χ2v) is 5.92. The predicted octanol–water partition coefficient (Wildman–Crippen LogP) is 3.55. The Hall–Kier alpha value is -1.06. The molecule has 1 unspecified atom stereocenters. The van der Waals surface area contributed by atoms with Crippen molar-refractivity contribution in [2.24, 2.45) is 5.41 Å². The topological polar surface area (TPSA) is 30.5 Å². The molecule has 0 radical (unpaired) electrons. The van der Waals surface area contributed by atoms with Crippen molar-refractivity contribution in [1.82, 2.24) is 5.32 Å². The van der Waals surface area contributed by atoms with E-state index in [1.54, 1.807) is 7.11 Å². The molecule has 112 valence electrons. The largest absolute Gasteiger partial charge is 0.491 e. The molecule has 1 atom stereocenters. The molecule has 0 aliphatic heterocycles. The maximum Gasteiger partial charge on any atom is 0.124 e. The van der Waals surface area contributed by atoms with Gasteiger partial charge < -0.3 is 14.8 Å². The van der Waals surface area contributed by atoms with E-state index < -0.39 is 0 Å². The van der Waals surface area contributed by atoms with E-state index in [1.165, 1.54) is 18.4 Å². The first-order valence-corrected chi connectivity index (χ1v) is 7.65. The van der Waals surface area contributed by atoms with Crippen LogP contribution in [0.25, 0.3) is 0 Å². The summed E-state index contributed by atoms with van der Waals surface area (Å²) in [4.78, 5) is 0. The Kier molecular flexibility index (Phi) is 5.44. The summed E-state index contributed by atoms with van der Waals surface area (Å²) < 4.78 is 11.0. The minimum atomic E-state index is 0.385. The SMILES string of the molecule is CCCNC(c1ccccc1OCCOC)C1(C)CC1. The summed E-state index contributed by atoms with van der Waals surface area (Å²) in [6.45, 7) is 6.85. The highest BCUT2D eigenvalue weighted by Crippen LogP contribution is 2.55. The molecule has 3 heteroatoms. The van der Waals surface area contributed by atoms with Gasteiger partial charge in [0.1, 0.15) is 12.4 Å². The number of ether oxygens (including phenoxy) is 2. The van der Waals surface area contributed by atoms with E-state index in [0.717, 1.165) is 18.7 Å². The van der Waals surface area contributed by atoms with Crippen molar-refractivity contribution < 1.29 is 9.47 Å². The van der Waals surface area contributed by atoms with Gasteiger partial charge in [-0.05, 0) is 37.3 Å². The van der Waals surface area contributed by atoms with Crippen LogP contribution < -0.4 is 10.1 Å². The highest BCUT2D eigenvalue weighted by molar-refractivity contribution is 5.38. The summed E-state index contributed by atoms with van der Waals surface area (Å²) in [6.07, 6.45) is 3.74. The molecule has 2 rings (SSSR count). The molecule has 0 spiro atoms. The van der Waals surface area contributed by atoms with Gasteiger partial charge in [0, 0.05) is 18.7 Å². The Labute approximate surface area is 122 Å². The summed E-state index contributed by atoms with van der Waals surface area (Å²) in [5, 5.41) is 3.71. The van der Waals surface area contributed by atoms with Gasteiger partial charge in [-0.2, -0.15) is 0 Å². The van der Waals surface area contributed by atoms with Crippen LogP contribution in [0.1, 0.15) is 44.7 Å². The van der Waals surface area contributed by atoms with Crippen LogP contribution >= 0.6 is 0 Å². The molecule has 1 aromatic rings. The summed E-state index contributed by atoms with van der Waals surface area (Å²) in [7, 11) is 1.70. The maximum absolute atomic E-state index is 5.90. The lowest BCUT2D eigenvalue weighted by molar-refractivity contribution is 0.145. The van der Waals surface area contributed by atoms with Crippen LogP contribution in [0, 0.1) is 5.41 Å². The van der Waals surface area contributed by atoms with E-state index in [0.29, 0.717) is 24.7 Å². The van der Waals surface area contributed by atoms with Crippen LogP contribution in [0.15, 0.2) is 24.3 Å². The summed E-state index contributed by atoms with van der Waals surface area (Å²) in [5.74, 6) is 0.992. The average Bonchev–Trinajstić information content (AvgIpc) is 3.20. The third kappa shape index (κ3) is 3.74. The molecule has 1 fully saturated rings. The highest BCUT2D eigenvalue weighted by Gasteiger charge is 2.46. The number of nitrogens with one attached hydrogen (secondary N) is 1. The first-order valence-electron chi connectivity index (χ1n) is 7.65. The second-order valence-electron chi connectivity index (χ2n) is 5.92. The number of hydrogen-bond acceptors (Lipinski definition) is 3. The van der Waals surface area contributed by atoms with Crippen LogP contribution in [0.3, 0.4) is 0 Å². The van der Waals surface area contributed by atoms with Gasteiger partial charge in [0.2, 0.25) is 0 Å². The lowest BCUT2D eigenvalue weighted by atomic mass is 9.91. The minimum Gasteiger partial charge on any atom is -0.491 e. The number of rotatable bonds is 9. The van der Waals surface area contributed by atoms with Gasteiger partial charge in [0.05, 0.1) is 6.61 Å². The van der Waals surface area contributed by atoms with Crippen molar-refractivity contribution in [3.63, 3.8) is 0 Å². The van der Waals surface area contributed by atoms with Crippen molar-refractivity contribution in [2.45, 2.75) is 39.2 Å². The molecular weight excluding hydrogens is 250 g/mol. The molecule has 3 nitrogen and oxygen atoms in total. The lowest BCUT2D eigenvalue weighted by Crippen LogP contribution is -2.29. The number of hydrogen-bond donors (Lipinski definition) is 1. The van der Waals surface area contributed by atoms with E-state index in [2.05, 4.69) is 37.4 Å². The first kappa shape index (κ1) is 15.3. The monoisotopic (exact) mass is 277 g/mol. The van der Waals surface area contributed by atoms with E-state index in [4.69, 9.17) is 9.47 Å². The number of benzene rings is 1. The Bertz CT molecular complexity index is 415. The fraction of sp³-hybridized carbons (Fsp3) is 0.647. The zero-order valence-electron chi connectivity index (χ0n) is 12.9. The quantitative estimate of drug-likeness (QED) is 0.700. The maximum atomic E-state index is 5.90. The van der Waals surface area contributed by atoms with Gasteiger partial charge in [-0.3, -0.25) is 0 Å². The van der Waals surface area contributed by atoms with Crippen LogP contribution in [-0.4, -0.2) is 26.9 Å². The molecule has 1 aliphatic rings. The molecule has 0 amide bonds. The minimum absolute atomic E-state index is 0.385. The van der Waals surface area contributed by atoms with E-state index >= 15 is 0 Å². The van der Waals surface area contributed by atoms with Crippen molar-refractivity contribution in [3.05, 3.63) is 29.8 Å².